The van der Waals surface area contributed by atoms with Gasteiger partial charge >= 0.3 is 0 Å². The van der Waals surface area contributed by atoms with Gasteiger partial charge in [0.25, 0.3) is 0 Å². The van der Waals surface area contributed by atoms with E-state index in [1.807, 2.05) is 0 Å². The van der Waals surface area contributed by atoms with Gasteiger partial charge in [0.15, 0.2) is 5.82 Å². The number of nitrogens with one attached hydrogen (secondary N) is 1. The van der Waals surface area contributed by atoms with Crippen LogP contribution in [0.15, 0.2) is 0 Å². The van der Waals surface area contributed by atoms with E-state index in [1.165, 1.54) is 6.42 Å². The molecule has 0 amide bonds. The van der Waals surface area contributed by atoms with Gasteiger partial charge < -0.3 is 5.73 Å². The molecular formula is C9H17N5. The number of aromatic amines is 1. The first-order valence-electron chi connectivity index (χ1n) is 5.09. The number of hydrogen-bond donors (Lipinski definition) is 2. The first-order valence-corrected chi connectivity index (χ1v) is 5.09. The summed E-state index contributed by atoms with van der Waals surface area (Å²) in [4.78, 5) is 0. The Morgan fingerprint density at radius 3 is 2.57 bits per heavy atom. The second kappa shape index (κ2) is 3.02. The Bertz CT molecular complexity index is 305. The molecule has 0 radical (unpaired) electrons. The van der Waals surface area contributed by atoms with Gasteiger partial charge in [-0.3, -0.25) is 0 Å². The molecule has 1 fully saturated rings. The Morgan fingerprint density at radius 2 is 2.00 bits per heavy atom. The number of nitrogens with two attached hydrogens (primary N) is 1. The Hall–Kier alpha value is -0.970. The van der Waals surface area contributed by atoms with Crippen molar-refractivity contribution >= 4 is 0 Å². The van der Waals surface area contributed by atoms with E-state index in [0.29, 0.717) is 5.82 Å². The van der Waals surface area contributed by atoms with Crippen molar-refractivity contribution in [2.24, 2.45) is 11.1 Å². The first kappa shape index (κ1) is 9.58. The summed E-state index contributed by atoms with van der Waals surface area (Å²) >= 11 is 0. The summed E-state index contributed by atoms with van der Waals surface area (Å²) in [5.74, 6) is 0.655. The Kier molecular flexibility index (Phi) is 2.06. The lowest BCUT2D eigenvalue weighted by atomic mass is 9.63. The summed E-state index contributed by atoms with van der Waals surface area (Å²) in [7, 11) is 0. The molecule has 0 aromatic carbocycles. The average molecular weight is 195 g/mol. The predicted octanol–water partition coefficient (Wildman–Crippen LogP) is 0.954. The van der Waals surface area contributed by atoms with Crippen molar-refractivity contribution in [2.45, 2.75) is 45.1 Å². The molecule has 1 unspecified atom stereocenters. The van der Waals surface area contributed by atoms with E-state index in [0.717, 1.165) is 19.3 Å². The monoisotopic (exact) mass is 195 g/mol. The number of rotatable bonds is 1. The average Bonchev–Trinajstić information content (AvgIpc) is 2.63. The summed E-state index contributed by atoms with van der Waals surface area (Å²) in [6, 6.07) is 0. The molecular weight excluding hydrogens is 178 g/mol. The molecule has 0 spiro atoms. The normalized spacial score (nSPS) is 31.6. The molecule has 5 nitrogen and oxygen atoms in total. The van der Waals surface area contributed by atoms with Crippen LogP contribution >= 0.6 is 0 Å². The second-order valence-corrected chi connectivity index (χ2v) is 4.80. The third kappa shape index (κ3) is 1.23. The van der Waals surface area contributed by atoms with Crippen LogP contribution in [0, 0.1) is 5.41 Å². The van der Waals surface area contributed by atoms with Crippen LogP contribution in [-0.4, -0.2) is 20.6 Å². The van der Waals surface area contributed by atoms with Gasteiger partial charge in [-0.05, 0) is 18.3 Å². The number of nitrogens with zero attached hydrogens (tertiary/aromatic N) is 3. The highest BCUT2D eigenvalue weighted by molar-refractivity contribution is 5.10. The highest BCUT2D eigenvalue weighted by Gasteiger charge is 2.47. The van der Waals surface area contributed by atoms with Crippen molar-refractivity contribution in [3.05, 3.63) is 5.82 Å². The van der Waals surface area contributed by atoms with E-state index >= 15 is 0 Å². The highest BCUT2D eigenvalue weighted by atomic mass is 15.5. The second-order valence-electron chi connectivity index (χ2n) is 4.80. The van der Waals surface area contributed by atoms with E-state index in [2.05, 4.69) is 34.5 Å². The summed E-state index contributed by atoms with van der Waals surface area (Å²) in [5, 5.41) is 14.1. The molecule has 1 aliphatic rings. The van der Waals surface area contributed by atoms with E-state index in [1.54, 1.807) is 0 Å². The molecule has 1 aromatic rings. The van der Waals surface area contributed by atoms with E-state index < -0.39 is 5.54 Å². The van der Waals surface area contributed by atoms with Crippen LogP contribution < -0.4 is 5.73 Å². The van der Waals surface area contributed by atoms with Crippen LogP contribution in [0.4, 0.5) is 0 Å². The lowest BCUT2D eigenvalue weighted by Crippen LogP contribution is -2.52. The van der Waals surface area contributed by atoms with Crippen LogP contribution in [0.5, 0.6) is 0 Å². The van der Waals surface area contributed by atoms with E-state index in [4.69, 9.17) is 5.73 Å². The standard InChI is InChI=1S/C9H17N5/c1-8(2)5-3-4-6-9(8,10)7-11-13-14-12-7/h3-6,10H2,1-2H3,(H,11,12,13,14). The largest absolute Gasteiger partial charge is 0.318 e. The molecule has 1 saturated carbocycles. The molecule has 1 atom stereocenters. The van der Waals surface area contributed by atoms with Gasteiger partial charge in [-0.15, -0.1) is 10.2 Å². The molecule has 0 bridgehead atoms. The number of H-pyrrole nitrogens is 1. The van der Waals surface area contributed by atoms with E-state index in [-0.39, 0.29) is 5.41 Å². The van der Waals surface area contributed by atoms with E-state index in [9.17, 15) is 0 Å². The molecule has 1 aliphatic carbocycles. The van der Waals surface area contributed by atoms with Crippen LogP contribution in [-0.2, 0) is 5.54 Å². The maximum absolute atomic E-state index is 6.42. The molecule has 78 valence electrons. The minimum absolute atomic E-state index is 0.0507. The van der Waals surface area contributed by atoms with Gasteiger partial charge in [0, 0.05) is 0 Å². The topological polar surface area (TPSA) is 80.5 Å². The zero-order chi connectivity index (χ0) is 10.2. The lowest BCUT2D eigenvalue weighted by Gasteiger charge is -2.45. The maximum atomic E-state index is 6.42. The minimum Gasteiger partial charge on any atom is -0.318 e. The van der Waals surface area contributed by atoms with Gasteiger partial charge in [0.05, 0.1) is 5.54 Å². The Labute approximate surface area is 83.5 Å². The lowest BCUT2D eigenvalue weighted by molar-refractivity contribution is 0.0897. The van der Waals surface area contributed by atoms with Gasteiger partial charge in [-0.1, -0.05) is 31.9 Å². The van der Waals surface area contributed by atoms with Gasteiger partial charge in [-0.2, -0.15) is 5.21 Å². The zero-order valence-electron chi connectivity index (χ0n) is 8.75. The maximum Gasteiger partial charge on any atom is 0.194 e. The Morgan fingerprint density at radius 1 is 1.29 bits per heavy atom. The van der Waals surface area contributed by atoms with Crippen molar-refractivity contribution in [3.8, 4) is 0 Å². The summed E-state index contributed by atoms with van der Waals surface area (Å²) in [6.45, 7) is 4.37. The fraction of sp³-hybridized carbons (Fsp3) is 0.889. The SMILES string of the molecule is CC1(C)CCCCC1(N)c1nn[nH]n1. The summed E-state index contributed by atoms with van der Waals surface area (Å²) < 4.78 is 0. The number of hydrogen-bond acceptors (Lipinski definition) is 4. The zero-order valence-corrected chi connectivity index (χ0v) is 8.75. The van der Waals surface area contributed by atoms with Crippen LogP contribution in [0.3, 0.4) is 0 Å². The van der Waals surface area contributed by atoms with Crippen molar-refractivity contribution in [1.29, 1.82) is 0 Å². The molecule has 14 heavy (non-hydrogen) atoms. The van der Waals surface area contributed by atoms with Crippen LogP contribution in [0.25, 0.3) is 0 Å². The molecule has 3 N–H and O–H groups in total. The molecule has 0 saturated heterocycles. The van der Waals surface area contributed by atoms with Crippen LogP contribution in [0.2, 0.25) is 0 Å². The van der Waals surface area contributed by atoms with Gasteiger partial charge in [0.2, 0.25) is 0 Å². The highest BCUT2D eigenvalue weighted by Crippen LogP contribution is 2.46. The predicted molar refractivity (Wildman–Crippen MR) is 52.3 cm³/mol. The first-order chi connectivity index (χ1) is 6.56. The quantitative estimate of drug-likeness (QED) is 0.699. The fourth-order valence-corrected chi connectivity index (χ4v) is 2.30. The summed E-state index contributed by atoms with van der Waals surface area (Å²) in [6.07, 6.45) is 4.45. The number of aromatic nitrogens is 4. The molecule has 1 heterocycles. The van der Waals surface area contributed by atoms with Crippen molar-refractivity contribution in [2.75, 3.05) is 0 Å². The van der Waals surface area contributed by atoms with Crippen LogP contribution in [0.1, 0.15) is 45.4 Å². The molecule has 2 rings (SSSR count). The third-order valence-corrected chi connectivity index (χ3v) is 3.57. The summed E-state index contributed by atoms with van der Waals surface area (Å²) in [5.41, 5.74) is 6.05. The van der Waals surface area contributed by atoms with Crippen molar-refractivity contribution in [3.63, 3.8) is 0 Å². The minimum atomic E-state index is -0.418. The third-order valence-electron chi connectivity index (χ3n) is 3.57. The molecule has 5 heteroatoms. The molecule has 0 aliphatic heterocycles. The Balaban J connectivity index is 2.37. The smallest absolute Gasteiger partial charge is 0.194 e. The van der Waals surface area contributed by atoms with Crippen molar-refractivity contribution in [1.82, 2.24) is 20.6 Å². The molecule has 1 aromatic heterocycles. The van der Waals surface area contributed by atoms with Gasteiger partial charge in [0.1, 0.15) is 0 Å². The fourth-order valence-electron chi connectivity index (χ4n) is 2.30. The van der Waals surface area contributed by atoms with Crippen molar-refractivity contribution < 1.29 is 0 Å². The van der Waals surface area contributed by atoms with Gasteiger partial charge in [-0.25, -0.2) is 0 Å². The number of tetrazole rings is 1.